The first-order chi connectivity index (χ1) is 9.15. The normalized spacial score (nSPS) is 12.4. The Bertz CT molecular complexity index is 546. The third-order valence-corrected chi connectivity index (χ3v) is 3.29. The van der Waals surface area contributed by atoms with E-state index < -0.39 is 0 Å². The Morgan fingerprint density at radius 2 is 2.21 bits per heavy atom. The summed E-state index contributed by atoms with van der Waals surface area (Å²) in [5.74, 6) is 1.97. The average Bonchev–Trinajstić information content (AvgIpc) is 2.85. The smallest absolute Gasteiger partial charge is 0.123 e. The van der Waals surface area contributed by atoms with Crippen molar-refractivity contribution in [2.24, 2.45) is 5.73 Å². The van der Waals surface area contributed by atoms with E-state index in [2.05, 4.69) is 22.5 Å². The van der Waals surface area contributed by atoms with Gasteiger partial charge in [0.2, 0.25) is 0 Å². The molecule has 1 aromatic carbocycles. The van der Waals surface area contributed by atoms with E-state index in [0.29, 0.717) is 0 Å². The van der Waals surface area contributed by atoms with Crippen LogP contribution in [0.4, 0.5) is 0 Å². The molecule has 0 fully saturated rings. The Morgan fingerprint density at radius 1 is 1.42 bits per heavy atom. The molecule has 0 aliphatic rings. The molecule has 19 heavy (non-hydrogen) atoms. The summed E-state index contributed by atoms with van der Waals surface area (Å²) in [6, 6.07) is 6.14. The quantitative estimate of drug-likeness (QED) is 0.897. The number of aryl methyl sites for hydroxylation is 1. The highest BCUT2D eigenvalue weighted by molar-refractivity contribution is 5.38. The lowest BCUT2D eigenvalue weighted by molar-refractivity contribution is 0.408. The summed E-state index contributed by atoms with van der Waals surface area (Å²) in [5, 5.41) is 0. The van der Waals surface area contributed by atoms with Gasteiger partial charge >= 0.3 is 0 Å². The summed E-state index contributed by atoms with van der Waals surface area (Å²) in [6.07, 6.45) is 4.75. The fourth-order valence-electron chi connectivity index (χ4n) is 2.19. The number of nitrogens with two attached hydrogens (primary N) is 1. The van der Waals surface area contributed by atoms with E-state index in [1.807, 2.05) is 31.5 Å². The van der Waals surface area contributed by atoms with Crippen molar-refractivity contribution in [3.63, 3.8) is 0 Å². The van der Waals surface area contributed by atoms with Gasteiger partial charge in [0.15, 0.2) is 0 Å². The first-order valence-electron chi connectivity index (χ1n) is 6.58. The molecule has 2 aromatic rings. The molecule has 0 radical (unpaired) electrons. The van der Waals surface area contributed by atoms with Crippen LogP contribution in [0.25, 0.3) is 0 Å². The third-order valence-electron chi connectivity index (χ3n) is 3.29. The average molecular weight is 259 g/mol. The molecule has 0 aliphatic heterocycles. The van der Waals surface area contributed by atoms with Crippen LogP contribution in [0.2, 0.25) is 0 Å². The van der Waals surface area contributed by atoms with E-state index in [1.54, 1.807) is 7.11 Å². The lowest BCUT2D eigenvalue weighted by atomic mass is 10.0. The van der Waals surface area contributed by atoms with Gasteiger partial charge in [-0.15, -0.1) is 0 Å². The molecule has 4 heteroatoms. The van der Waals surface area contributed by atoms with Crippen LogP contribution in [-0.4, -0.2) is 16.7 Å². The van der Waals surface area contributed by atoms with Crippen molar-refractivity contribution in [1.29, 1.82) is 0 Å². The molecular formula is C15H21N3O. The monoisotopic (exact) mass is 259 g/mol. The highest BCUT2D eigenvalue weighted by Gasteiger charge is 2.09. The van der Waals surface area contributed by atoms with Crippen molar-refractivity contribution in [3.05, 3.63) is 47.5 Å². The molecule has 2 rings (SSSR count). The number of benzene rings is 1. The molecule has 4 nitrogen and oxygen atoms in total. The summed E-state index contributed by atoms with van der Waals surface area (Å²) >= 11 is 0. The molecule has 102 valence electrons. The fraction of sp³-hybridized carbons (Fsp3) is 0.400. The summed E-state index contributed by atoms with van der Waals surface area (Å²) in [4.78, 5) is 4.34. The molecule has 0 aliphatic carbocycles. The minimum atomic E-state index is 0.0260. The van der Waals surface area contributed by atoms with Gasteiger partial charge in [0, 0.05) is 30.4 Å². The number of aromatic nitrogens is 2. The predicted molar refractivity (Wildman–Crippen MR) is 76.3 cm³/mol. The van der Waals surface area contributed by atoms with Crippen LogP contribution >= 0.6 is 0 Å². The summed E-state index contributed by atoms with van der Waals surface area (Å²) in [5.41, 5.74) is 8.19. The van der Waals surface area contributed by atoms with Crippen molar-refractivity contribution in [2.75, 3.05) is 7.11 Å². The zero-order valence-corrected chi connectivity index (χ0v) is 11.8. The highest BCUT2D eigenvalue weighted by atomic mass is 16.5. The van der Waals surface area contributed by atoms with Crippen LogP contribution in [0.5, 0.6) is 5.75 Å². The number of nitrogens with zero attached hydrogens (tertiary/aromatic N) is 2. The van der Waals surface area contributed by atoms with Crippen LogP contribution in [0.1, 0.15) is 36.8 Å². The third kappa shape index (κ3) is 2.96. The first-order valence-corrected chi connectivity index (χ1v) is 6.58. The van der Waals surface area contributed by atoms with Gasteiger partial charge in [-0.2, -0.15) is 0 Å². The first kappa shape index (κ1) is 13.6. The second kappa shape index (κ2) is 5.89. The number of hydrogen-bond acceptors (Lipinski definition) is 3. The lowest BCUT2D eigenvalue weighted by Gasteiger charge is -2.14. The maximum atomic E-state index is 5.94. The molecule has 2 N–H and O–H groups in total. The molecule has 1 heterocycles. The van der Waals surface area contributed by atoms with Gasteiger partial charge < -0.3 is 15.0 Å². The van der Waals surface area contributed by atoms with Crippen molar-refractivity contribution < 1.29 is 4.74 Å². The van der Waals surface area contributed by atoms with E-state index >= 15 is 0 Å². The van der Waals surface area contributed by atoms with E-state index in [-0.39, 0.29) is 6.04 Å². The van der Waals surface area contributed by atoms with Crippen LogP contribution < -0.4 is 10.5 Å². The molecule has 1 unspecified atom stereocenters. The number of imidazole rings is 1. The maximum Gasteiger partial charge on any atom is 0.123 e. The van der Waals surface area contributed by atoms with Crippen LogP contribution in [0.3, 0.4) is 0 Å². The Morgan fingerprint density at radius 3 is 2.84 bits per heavy atom. The predicted octanol–water partition coefficient (Wildman–Crippen LogP) is 2.52. The van der Waals surface area contributed by atoms with E-state index in [4.69, 9.17) is 10.5 Å². The molecule has 0 saturated carbocycles. The van der Waals surface area contributed by atoms with E-state index in [9.17, 15) is 0 Å². The molecule has 0 amide bonds. The zero-order chi connectivity index (χ0) is 13.8. The summed E-state index contributed by atoms with van der Waals surface area (Å²) in [6.45, 7) is 4.85. The van der Waals surface area contributed by atoms with Gasteiger partial charge in [-0.05, 0) is 24.6 Å². The van der Waals surface area contributed by atoms with Gasteiger partial charge in [0.05, 0.1) is 13.7 Å². The molecular weight excluding hydrogens is 238 g/mol. The lowest BCUT2D eigenvalue weighted by Crippen LogP contribution is -2.08. The van der Waals surface area contributed by atoms with Crippen LogP contribution in [-0.2, 0) is 13.0 Å². The SMILES string of the molecule is CCc1nccn1Cc1cc(C(C)N)ccc1OC. The van der Waals surface area contributed by atoms with Crippen molar-refractivity contribution >= 4 is 0 Å². The maximum absolute atomic E-state index is 5.94. The Hall–Kier alpha value is -1.81. The fourth-order valence-corrected chi connectivity index (χ4v) is 2.19. The van der Waals surface area contributed by atoms with Crippen LogP contribution in [0, 0.1) is 0 Å². The van der Waals surface area contributed by atoms with Gasteiger partial charge in [0.1, 0.15) is 11.6 Å². The molecule has 0 spiro atoms. The van der Waals surface area contributed by atoms with Gasteiger partial charge in [-0.3, -0.25) is 0 Å². The Kier molecular flexibility index (Phi) is 4.22. The molecule has 0 saturated heterocycles. The zero-order valence-electron chi connectivity index (χ0n) is 11.8. The second-order valence-corrected chi connectivity index (χ2v) is 4.68. The summed E-state index contributed by atoms with van der Waals surface area (Å²) in [7, 11) is 1.69. The minimum absolute atomic E-state index is 0.0260. The number of ether oxygens (including phenoxy) is 1. The minimum Gasteiger partial charge on any atom is -0.496 e. The molecule has 1 aromatic heterocycles. The highest BCUT2D eigenvalue weighted by Crippen LogP contribution is 2.23. The molecule has 0 bridgehead atoms. The second-order valence-electron chi connectivity index (χ2n) is 4.68. The van der Waals surface area contributed by atoms with Gasteiger partial charge in [0.25, 0.3) is 0 Å². The standard InChI is InChI=1S/C15H21N3O/c1-4-15-17-7-8-18(15)10-13-9-12(11(2)16)5-6-14(13)19-3/h5-9,11H,4,10,16H2,1-3H3. The van der Waals surface area contributed by atoms with Crippen molar-refractivity contribution in [3.8, 4) is 5.75 Å². The molecule has 1 atom stereocenters. The van der Waals surface area contributed by atoms with Crippen LogP contribution in [0.15, 0.2) is 30.6 Å². The topological polar surface area (TPSA) is 53.1 Å². The van der Waals surface area contributed by atoms with Gasteiger partial charge in [-0.1, -0.05) is 13.0 Å². The van der Waals surface area contributed by atoms with Crippen molar-refractivity contribution in [1.82, 2.24) is 9.55 Å². The Labute approximate surface area is 114 Å². The number of hydrogen-bond donors (Lipinski definition) is 1. The number of methoxy groups -OCH3 is 1. The van der Waals surface area contributed by atoms with Gasteiger partial charge in [-0.25, -0.2) is 4.98 Å². The van der Waals surface area contributed by atoms with E-state index in [1.165, 1.54) is 0 Å². The van der Waals surface area contributed by atoms with E-state index in [0.717, 1.165) is 35.7 Å². The largest absolute Gasteiger partial charge is 0.496 e. The number of rotatable bonds is 5. The Balaban J connectivity index is 2.34. The van der Waals surface area contributed by atoms with Crippen molar-refractivity contribution in [2.45, 2.75) is 32.9 Å². The summed E-state index contributed by atoms with van der Waals surface area (Å²) < 4.78 is 7.57.